The monoisotopic (exact) mass is 652 g/mol. The number of fused-ring (bicyclic) bond motifs is 3. The molecule has 254 valence electrons. The van der Waals surface area contributed by atoms with E-state index in [-0.39, 0.29) is 23.1 Å². The summed E-state index contributed by atoms with van der Waals surface area (Å²) in [6.45, 7) is 15.2. The van der Waals surface area contributed by atoms with Gasteiger partial charge in [-0.25, -0.2) is 9.97 Å². The SMILES string of the molecule is COc1cc2c(cc1C(C(C)=O)=C(C)N)[nH]c1nc(C)nc(-c3cc(C(=O)NC4CCN(C5CCOCC5)CC4)cc(C(C)(C)C)c3)c12. The number of ether oxygens (including phenoxy) is 2. The second-order valence-electron chi connectivity index (χ2n) is 14.4. The number of Topliss-reactive ketones (excluding diaryl/α,β-unsaturated/α-hetero) is 1. The largest absolute Gasteiger partial charge is 0.496 e. The summed E-state index contributed by atoms with van der Waals surface area (Å²) in [6, 6.07) is 10.6. The van der Waals surface area contributed by atoms with Crippen LogP contribution in [-0.4, -0.2) is 77.0 Å². The van der Waals surface area contributed by atoms with E-state index < -0.39 is 0 Å². The lowest BCUT2D eigenvalue weighted by atomic mass is 9.84. The second kappa shape index (κ2) is 13.3. The number of aromatic nitrogens is 3. The Kier molecular flexibility index (Phi) is 9.33. The number of aromatic amines is 1. The molecule has 1 amide bonds. The van der Waals surface area contributed by atoms with Crippen molar-refractivity contribution < 1.29 is 19.1 Å². The molecule has 2 aliphatic rings. The van der Waals surface area contributed by atoms with Crippen molar-refractivity contribution >= 4 is 39.2 Å². The third kappa shape index (κ3) is 6.69. The van der Waals surface area contributed by atoms with Crippen LogP contribution in [0.15, 0.2) is 36.0 Å². The number of carbonyl (C=O) groups excluding carboxylic acids is 2. The maximum absolute atomic E-state index is 13.9. The number of piperidine rings is 1. The van der Waals surface area contributed by atoms with E-state index in [0.717, 1.165) is 85.1 Å². The highest BCUT2D eigenvalue weighted by Crippen LogP contribution is 2.40. The molecule has 48 heavy (non-hydrogen) atoms. The predicted molar refractivity (Wildman–Crippen MR) is 190 cm³/mol. The zero-order valence-corrected chi connectivity index (χ0v) is 29.3. The first-order valence-electron chi connectivity index (χ1n) is 17.0. The number of amides is 1. The first-order chi connectivity index (χ1) is 22.8. The van der Waals surface area contributed by atoms with E-state index in [4.69, 9.17) is 25.2 Å². The van der Waals surface area contributed by atoms with Gasteiger partial charge in [-0.05, 0) is 87.8 Å². The van der Waals surface area contributed by atoms with Crippen molar-refractivity contribution in [2.45, 2.75) is 84.7 Å². The van der Waals surface area contributed by atoms with E-state index in [0.29, 0.717) is 45.7 Å². The number of nitrogens with zero attached hydrogens (tertiary/aromatic N) is 3. The van der Waals surface area contributed by atoms with Crippen LogP contribution in [0, 0.1) is 6.92 Å². The number of benzene rings is 2. The van der Waals surface area contributed by atoms with Gasteiger partial charge in [0.25, 0.3) is 5.91 Å². The molecule has 10 nitrogen and oxygen atoms in total. The number of likely N-dealkylation sites (tertiary alicyclic amines) is 1. The number of aryl methyl sites for hydroxylation is 1. The minimum atomic E-state index is -0.213. The predicted octanol–water partition coefficient (Wildman–Crippen LogP) is 6.04. The lowest BCUT2D eigenvalue weighted by molar-refractivity contribution is -0.111. The number of H-pyrrole nitrogens is 1. The molecule has 0 saturated carbocycles. The van der Waals surface area contributed by atoms with Gasteiger partial charge in [0.15, 0.2) is 5.78 Å². The number of allylic oxidation sites excluding steroid dienone is 2. The number of nitrogens with two attached hydrogens (primary N) is 1. The van der Waals surface area contributed by atoms with Crippen LogP contribution in [0.1, 0.15) is 87.6 Å². The van der Waals surface area contributed by atoms with E-state index >= 15 is 0 Å². The Bertz CT molecular complexity index is 1900. The molecule has 0 bridgehead atoms. The van der Waals surface area contributed by atoms with Crippen LogP contribution in [0.4, 0.5) is 0 Å². The van der Waals surface area contributed by atoms with Gasteiger partial charge in [0.1, 0.15) is 17.2 Å². The summed E-state index contributed by atoms with van der Waals surface area (Å²) in [4.78, 5) is 42.2. The van der Waals surface area contributed by atoms with Gasteiger partial charge in [-0.2, -0.15) is 0 Å². The van der Waals surface area contributed by atoms with E-state index in [1.165, 1.54) is 6.92 Å². The van der Waals surface area contributed by atoms with Gasteiger partial charge in [-0.1, -0.05) is 20.8 Å². The van der Waals surface area contributed by atoms with Gasteiger partial charge in [-0.3, -0.25) is 9.59 Å². The van der Waals surface area contributed by atoms with Gasteiger partial charge in [0.05, 0.1) is 18.2 Å². The maximum atomic E-state index is 13.9. The average molecular weight is 653 g/mol. The Morgan fingerprint density at radius 3 is 2.35 bits per heavy atom. The summed E-state index contributed by atoms with van der Waals surface area (Å²) in [5.74, 6) is 0.910. The van der Waals surface area contributed by atoms with Crippen molar-refractivity contribution in [3.8, 4) is 17.0 Å². The summed E-state index contributed by atoms with van der Waals surface area (Å²) >= 11 is 0. The number of hydrogen-bond acceptors (Lipinski definition) is 8. The molecular weight excluding hydrogens is 604 g/mol. The summed E-state index contributed by atoms with van der Waals surface area (Å²) in [5, 5.41) is 5.02. The number of ketones is 1. The fourth-order valence-electron chi connectivity index (χ4n) is 7.25. The zero-order chi connectivity index (χ0) is 34.3. The molecule has 0 atom stereocenters. The smallest absolute Gasteiger partial charge is 0.251 e. The second-order valence-corrected chi connectivity index (χ2v) is 14.4. The number of nitrogens with one attached hydrogen (secondary N) is 2. The summed E-state index contributed by atoms with van der Waals surface area (Å²) < 4.78 is 11.3. The normalized spacial score (nSPS) is 17.5. The van der Waals surface area contributed by atoms with Crippen LogP contribution >= 0.6 is 0 Å². The lowest BCUT2D eigenvalue weighted by Gasteiger charge is -2.39. The van der Waals surface area contributed by atoms with E-state index in [1.54, 1.807) is 14.0 Å². The molecule has 2 fully saturated rings. The standard InChI is InChI=1S/C38H48N6O4/c1-21(39)33(22(2)45)30-19-31-29(20-32(30)47-7)34-35(40-23(3)41-36(34)43-31)24-16-25(18-26(17-24)38(4,5)6)37(46)42-27-8-12-44(13-9-27)28-10-14-48-15-11-28/h16-20,27-28H,8-15,39H2,1-7H3,(H,42,46)(H,40,41,43). The highest BCUT2D eigenvalue weighted by atomic mass is 16.5. The third-order valence-corrected chi connectivity index (χ3v) is 9.81. The molecule has 4 N–H and O–H groups in total. The quantitative estimate of drug-likeness (QED) is 0.206. The van der Waals surface area contributed by atoms with Crippen molar-refractivity contribution in [1.82, 2.24) is 25.2 Å². The molecule has 4 aromatic rings. The fraction of sp³-hybridized carbons (Fsp3) is 0.474. The highest BCUT2D eigenvalue weighted by molar-refractivity contribution is 6.22. The first-order valence-corrected chi connectivity index (χ1v) is 17.0. The van der Waals surface area contributed by atoms with Crippen LogP contribution in [0.2, 0.25) is 0 Å². The Balaban J connectivity index is 1.39. The Labute approximate surface area is 282 Å². The lowest BCUT2D eigenvalue weighted by Crippen LogP contribution is -2.49. The molecule has 2 aliphatic heterocycles. The molecule has 6 rings (SSSR count). The molecule has 0 spiro atoms. The van der Waals surface area contributed by atoms with Crippen LogP contribution in [0.5, 0.6) is 5.75 Å². The molecule has 4 heterocycles. The Morgan fingerprint density at radius 2 is 1.73 bits per heavy atom. The Morgan fingerprint density at radius 1 is 1.02 bits per heavy atom. The number of hydrogen-bond donors (Lipinski definition) is 3. The van der Waals surface area contributed by atoms with Crippen LogP contribution < -0.4 is 15.8 Å². The third-order valence-electron chi connectivity index (χ3n) is 9.81. The van der Waals surface area contributed by atoms with Gasteiger partial charge in [0.2, 0.25) is 0 Å². The van der Waals surface area contributed by atoms with Gasteiger partial charge < -0.3 is 30.4 Å². The van der Waals surface area contributed by atoms with Crippen LogP contribution in [0.25, 0.3) is 38.8 Å². The minimum Gasteiger partial charge on any atom is -0.496 e. The van der Waals surface area contributed by atoms with Gasteiger partial charge in [-0.15, -0.1) is 0 Å². The van der Waals surface area contributed by atoms with Gasteiger partial charge >= 0.3 is 0 Å². The van der Waals surface area contributed by atoms with Crippen molar-refractivity contribution in [1.29, 1.82) is 0 Å². The Hall–Kier alpha value is -4.28. The topological polar surface area (TPSA) is 135 Å². The van der Waals surface area contributed by atoms with Crippen LogP contribution in [-0.2, 0) is 14.9 Å². The van der Waals surface area contributed by atoms with Crippen molar-refractivity contribution in [3.63, 3.8) is 0 Å². The molecular formula is C38H48N6O4. The van der Waals surface area contributed by atoms with Gasteiger partial charge in [0, 0.05) is 77.3 Å². The van der Waals surface area contributed by atoms with E-state index in [2.05, 4.69) is 42.0 Å². The molecule has 0 aliphatic carbocycles. The molecule has 0 unspecified atom stereocenters. The molecule has 0 radical (unpaired) electrons. The van der Waals surface area contributed by atoms with E-state index in [9.17, 15) is 9.59 Å². The number of carbonyl (C=O) groups is 2. The first kappa shape index (κ1) is 33.6. The summed E-state index contributed by atoms with van der Waals surface area (Å²) in [7, 11) is 1.58. The summed E-state index contributed by atoms with van der Waals surface area (Å²) in [5.41, 5.74) is 12.0. The van der Waals surface area contributed by atoms with Crippen molar-refractivity contribution in [2.75, 3.05) is 33.4 Å². The van der Waals surface area contributed by atoms with Crippen LogP contribution in [0.3, 0.4) is 0 Å². The molecule has 2 saturated heterocycles. The average Bonchev–Trinajstić information content (AvgIpc) is 3.40. The highest BCUT2D eigenvalue weighted by Gasteiger charge is 2.28. The number of methoxy groups -OCH3 is 1. The van der Waals surface area contributed by atoms with E-state index in [1.807, 2.05) is 31.2 Å². The fourth-order valence-corrected chi connectivity index (χ4v) is 7.25. The van der Waals surface area contributed by atoms with Crippen molar-refractivity contribution in [2.24, 2.45) is 5.73 Å². The zero-order valence-electron chi connectivity index (χ0n) is 29.3. The van der Waals surface area contributed by atoms with Crippen molar-refractivity contribution in [3.05, 3.63) is 58.5 Å². The maximum Gasteiger partial charge on any atom is 0.251 e. The molecule has 10 heteroatoms. The number of rotatable bonds is 7. The summed E-state index contributed by atoms with van der Waals surface area (Å²) in [6.07, 6.45) is 4.04. The minimum absolute atomic E-state index is 0.0696. The molecule has 2 aromatic heterocycles. The molecule has 2 aromatic carbocycles.